The summed E-state index contributed by atoms with van der Waals surface area (Å²) in [5, 5.41) is 1.15. The molecule has 0 spiro atoms. The molecule has 0 saturated carbocycles. The summed E-state index contributed by atoms with van der Waals surface area (Å²) in [4.78, 5) is 8.32. The van der Waals surface area contributed by atoms with E-state index >= 15 is 0 Å². The zero-order chi connectivity index (χ0) is 12.0. The van der Waals surface area contributed by atoms with E-state index in [1.165, 1.54) is 23.4 Å². The van der Waals surface area contributed by atoms with Crippen molar-refractivity contribution in [2.75, 3.05) is 18.0 Å². The SMILES string of the molecule is CCCN(CCC)c1nc(CC)c(CN)s1. The summed E-state index contributed by atoms with van der Waals surface area (Å²) < 4.78 is 0. The molecule has 4 heteroatoms. The molecule has 0 fully saturated rings. The molecule has 16 heavy (non-hydrogen) atoms. The molecule has 0 aliphatic rings. The van der Waals surface area contributed by atoms with Crippen LogP contribution in [-0.2, 0) is 13.0 Å². The van der Waals surface area contributed by atoms with Crippen LogP contribution < -0.4 is 10.6 Å². The first-order valence-electron chi connectivity index (χ1n) is 6.20. The van der Waals surface area contributed by atoms with Crippen LogP contribution in [0.2, 0.25) is 0 Å². The van der Waals surface area contributed by atoms with E-state index in [9.17, 15) is 0 Å². The summed E-state index contributed by atoms with van der Waals surface area (Å²) >= 11 is 1.76. The van der Waals surface area contributed by atoms with Crippen molar-refractivity contribution in [2.45, 2.75) is 46.6 Å². The third kappa shape index (κ3) is 3.19. The third-order valence-electron chi connectivity index (χ3n) is 2.54. The highest BCUT2D eigenvalue weighted by Gasteiger charge is 2.13. The Balaban J connectivity index is 2.86. The quantitative estimate of drug-likeness (QED) is 0.798. The van der Waals surface area contributed by atoms with Crippen LogP contribution in [0.4, 0.5) is 5.13 Å². The number of anilines is 1. The van der Waals surface area contributed by atoms with Gasteiger partial charge in [0.2, 0.25) is 0 Å². The number of rotatable bonds is 7. The second-order valence-electron chi connectivity index (χ2n) is 3.91. The van der Waals surface area contributed by atoms with Gasteiger partial charge in [0.25, 0.3) is 0 Å². The molecule has 0 aliphatic carbocycles. The number of aryl methyl sites for hydroxylation is 1. The van der Waals surface area contributed by atoms with Crippen molar-refractivity contribution in [3.8, 4) is 0 Å². The first kappa shape index (κ1) is 13.5. The standard InChI is InChI=1S/C12H23N3S/c1-4-7-15(8-5-2)12-14-10(6-3)11(9-13)16-12/h4-9,13H2,1-3H3. The van der Waals surface area contributed by atoms with Gasteiger partial charge in [-0.1, -0.05) is 20.8 Å². The Hall–Kier alpha value is -0.610. The van der Waals surface area contributed by atoms with Gasteiger partial charge in [-0.2, -0.15) is 0 Å². The van der Waals surface area contributed by atoms with Crippen LogP contribution in [0.1, 0.15) is 44.2 Å². The van der Waals surface area contributed by atoms with Gasteiger partial charge in [0.05, 0.1) is 5.69 Å². The lowest BCUT2D eigenvalue weighted by Gasteiger charge is -2.19. The van der Waals surface area contributed by atoms with Crippen LogP contribution in [-0.4, -0.2) is 18.1 Å². The Morgan fingerprint density at radius 2 is 1.81 bits per heavy atom. The lowest BCUT2D eigenvalue weighted by Crippen LogP contribution is -2.24. The molecule has 0 aromatic carbocycles. The Morgan fingerprint density at radius 1 is 1.19 bits per heavy atom. The molecular formula is C12H23N3S. The predicted octanol–water partition coefficient (Wildman–Crippen LogP) is 2.79. The molecule has 1 aromatic rings. The van der Waals surface area contributed by atoms with Gasteiger partial charge in [0.1, 0.15) is 0 Å². The maximum absolute atomic E-state index is 5.74. The fourth-order valence-electron chi connectivity index (χ4n) is 1.78. The van der Waals surface area contributed by atoms with Crippen molar-refractivity contribution in [3.63, 3.8) is 0 Å². The topological polar surface area (TPSA) is 42.2 Å². The van der Waals surface area contributed by atoms with Crippen LogP contribution in [0, 0.1) is 0 Å². The Labute approximate surface area is 103 Å². The van der Waals surface area contributed by atoms with Gasteiger partial charge in [-0.15, -0.1) is 11.3 Å². The van der Waals surface area contributed by atoms with Crippen molar-refractivity contribution in [1.29, 1.82) is 0 Å². The normalized spacial score (nSPS) is 10.8. The molecule has 0 saturated heterocycles. The first-order chi connectivity index (χ1) is 7.76. The Bertz CT molecular complexity index is 282. The minimum atomic E-state index is 0.618. The highest BCUT2D eigenvalue weighted by atomic mass is 32.1. The largest absolute Gasteiger partial charge is 0.348 e. The van der Waals surface area contributed by atoms with Gasteiger partial charge in [-0.05, 0) is 19.3 Å². The molecule has 0 amide bonds. The zero-order valence-corrected chi connectivity index (χ0v) is 11.4. The van der Waals surface area contributed by atoms with Crippen molar-refractivity contribution in [3.05, 3.63) is 10.6 Å². The molecule has 3 nitrogen and oxygen atoms in total. The minimum absolute atomic E-state index is 0.618. The van der Waals surface area contributed by atoms with E-state index in [4.69, 9.17) is 10.7 Å². The van der Waals surface area contributed by atoms with Crippen LogP contribution in [0.5, 0.6) is 0 Å². The molecule has 92 valence electrons. The second-order valence-corrected chi connectivity index (χ2v) is 4.97. The highest BCUT2D eigenvalue weighted by molar-refractivity contribution is 7.15. The van der Waals surface area contributed by atoms with Gasteiger partial charge in [-0.25, -0.2) is 4.98 Å². The summed E-state index contributed by atoms with van der Waals surface area (Å²) in [5.74, 6) is 0. The van der Waals surface area contributed by atoms with Crippen LogP contribution >= 0.6 is 11.3 Å². The lowest BCUT2D eigenvalue weighted by molar-refractivity contribution is 0.740. The fourth-order valence-corrected chi connectivity index (χ4v) is 2.86. The average Bonchev–Trinajstić information content (AvgIpc) is 2.71. The molecule has 1 heterocycles. The van der Waals surface area contributed by atoms with Gasteiger partial charge in [0.15, 0.2) is 5.13 Å². The molecular weight excluding hydrogens is 218 g/mol. The summed E-state index contributed by atoms with van der Waals surface area (Å²) in [6.45, 7) is 9.36. The number of nitrogens with zero attached hydrogens (tertiary/aromatic N) is 2. The number of hydrogen-bond donors (Lipinski definition) is 1. The van der Waals surface area contributed by atoms with E-state index in [-0.39, 0.29) is 0 Å². The molecule has 0 aliphatic heterocycles. The fraction of sp³-hybridized carbons (Fsp3) is 0.750. The molecule has 1 aromatic heterocycles. The van der Waals surface area contributed by atoms with Crippen LogP contribution in [0.15, 0.2) is 0 Å². The van der Waals surface area contributed by atoms with Crippen molar-refractivity contribution in [2.24, 2.45) is 5.73 Å². The maximum atomic E-state index is 5.74. The van der Waals surface area contributed by atoms with Crippen LogP contribution in [0.25, 0.3) is 0 Å². The number of aromatic nitrogens is 1. The molecule has 0 unspecified atom stereocenters. The monoisotopic (exact) mass is 241 g/mol. The average molecular weight is 241 g/mol. The highest BCUT2D eigenvalue weighted by Crippen LogP contribution is 2.26. The first-order valence-corrected chi connectivity index (χ1v) is 7.01. The summed E-state index contributed by atoms with van der Waals surface area (Å²) in [7, 11) is 0. The van der Waals surface area contributed by atoms with E-state index in [0.717, 1.165) is 24.6 Å². The summed E-state index contributed by atoms with van der Waals surface area (Å²) in [6.07, 6.45) is 3.31. The van der Waals surface area contributed by atoms with Crippen molar-refractivity contribution >= 4 is 16.5 Å². The van der Waals surface area contributed by atoms with E-state index < -0.39 is 0 Å². The summed E-state index contributed by atoms with van der Waals surface area (Å²) in [5.41, 5.74) is 6.92. The molecule has 0 radical (unpaired) electrons. The van der Waals surface area contributed by atoms with Gasteiger partial charge in [-0.3, -0.25) is 0 Å². The lowest BCUT2D eigenvalue weighted by atomic mass is 10.3. The van der Waals surface area contributed by atoms with Crippen molar-refractivity contribution in [1.82, 2.24) is 4.98 Å². The van der Waals surface area contributed by atoms with Gasteiger partial charge < -0.3 is 10.6 Å². The molecule has 0 bridgehead atoms. The number of hydrogen-bond acceptors (Lipinski definition) is 4. The smallest absolute Gasteiger partial charge is 0.185 e. The maximum Gasteiger partial charge on any atom is 0.185 e. The molecule has 1 rings (SSSR count). The minimum Gasteiger partial charge on any atom is -0.348 e. The van der Waals surface area contributed by atoms with Gasteiger partial charge in [0, 0.05) is 24.5 Å². The number of thiazole rings is 1. The third-order valence-corrected chi connectivity index (χ3v) is 3.73. The van der Waals surface area contributed by atoms with Crippen molar-refractivity contribution < 1.29 is 0 Å². The van der Waals surface area contributed by atoms with E-state index in [1.54, 1.807) is 11.3 Å². The zero-order valence-electron chi connectivity index (χ0n) is 10.6. The van der Waals surface area contributed by atoms with Gasteiger partial charge >= 0.3 is 0 Å². The van der Waals surface area contributed by atoms with E-state index in [0.29, 0.717) is 6.54 Å². The Morgan fingerprint density at radius 3 is 2.19 bits per heavy atom. The number of nitrogens with two attached hydrogens (primary N) is 1. The van der Waals surface area contributed by atoms with E-state index in [2.05, 4.69) is 25.7 Å². The second kappa shape index (κ2) is 6.86. The Kier molecular flexibility index (Phi) is 5.77. The predicted molar refractivity (Wildman–Crippen MR) is 72.2 cm³/mol. The van der Waals surface area contributed by atoms with E-state index in [1.807, 2.05) is 0 Å². The van der Waals surface area contributed by atoms with Crippen LogP contribution in [0.3, 0.4) is 0 Å². The molecule has 0 atom stereocenters. The summed E-state index contributed by atoms with van der Waals surface area (Å²) in [6, 6.07) is 0. The molecule has 2 N–H and O–H groups in total.